The van der Waals surface area contributed by atoms with Crippen molar-refractivity contribution in [3.8, 4) is 11.4 Å². The predicted octanol–water partition coefficient (Wildman–Crippen LogP) is 4.53. The fraction of sp³-hybridized carbons (Fsp3) is 0.150. The fourth-order valence-corrected chi connectivity index (χ4v) is 3.57. The van der Waals surface area contributed by atoms with Gasteiger partial charge in [0, 0.05) is 11.6 Å². The number of benzene rings is 2. The first-order chi connectivity index (χ1) is 13.8. The first kappa shape index (κ1) is 19.3. The van der Waals surface area contributed by atoms with E-state index in [0.29, 0.717) is 17.3 Å². The molecule has 2 heterocycles. The van der Waals surface area contributed by atoms with E-state index in [9.17, 15) is 17.6 Å². The monoisotopic (exact) mass is 422 g/mol. The summed E-state index contributed by atoms with van der Waals surface area (Å²) < 4.78 is 61.9. The second-order valence-corrected chi connectivity index (χ2v) is 6.61. The summed E-state index contributed by atoms with van der Waals surface area (Å²) in [6.07, 6.45) is -1.49. The molecule has 3 aromatic rings. The van der Waals surface area contributed by atoms with Gasteiger partial charge in [0.1, 0.15) is 36.2 Å². The molecule has 1 aliphatic rings. The molecule has 1 aliphatic heterocycles. The van der Waals surface area contributed by atoms with Crippen LogP contribution in [0.25, 0.3) is 5.69 Å². The van der Waals surface area contributed by atoms with E-state index in [2.05, 4.69) is 9.98 Å². The van der Waals surface area contributed by atoms with Crippen LogP contribution in [0.4, 0.5) is 17.6 Å². The highest BCUT2D eigenvalue weighted by Crippen LogP contribution is 2.39. The summed E-state index contributed by atoms with van der Waals surface area (Å²) >= 11 is 6.23. The fourth-order valence-electron chi connectivity index (χ4n) is 3.21. The lowest BCUT2D eigenvalue weighted by molar-refractivity contribution is -0.607. The summed E-state index contributed by atoms with van der Waals surface area (Å²) in [5, 5.41) is -0.555. The third kappa shape index (κ3) is 3.33. The molecule has 0 saturated heterocycles. The van der Waals surface area contributed by atoms with E-state index in [1.807, 2.05) is 0 Å². The Kier molecular flexibility index (Phi) is 4.74. The molecule has 0 spiro atoms. The molecule has 148 valence electrons. The van der Waals surface area contributed by atoms with Gasteiger partial charge in [0.2, 0.25) is 0 Å². The molecule has 2 aromatic carbocycles. The Hall–Kier alpha value is -3.00. The van der Waals surface area contributed by atoms with E-state index in [4.69, 9.17) is 16.3 Å². The van der Waals surface area contributed by atoms with Gasteiger partial charge >= 0.3 is 12.0 Å². The van der Waals surface area contributed by atoms with Crippen molar-refractivity contribution in [2.75, 3.05) is 7.11 Å². The lowest BCUT2D eigenvalue weighted by Gasteiger charge is -2.16. The van der Waals surface area contributed by atoms with E-state index >= 15 is 0 Å². The summed E-state index contributed by atoms with van der Waals surface area (Å²) in [5.74, 6) is 0.150. The van der Waals surface area contributed by atoms with E-state index in [1.165, 1.54) is 31.4 Å². The Morgan fingerprint density at radius 3 is 2.69 bits per heavy atom. The Bertz CT molecular complexity index is 1150. The van der Waals surface area contributed by atoms with Gasteiger partial charge in [-0.25, -0.2) is 4.39 Å². The van der Waals surface area contributed by atoms with Crippen LogP contribution in [-0.2, 0) is 12.7 Å². The van der Waals surface area contributed by atoms with Gasteiger partial charge in [-0.15, -0.1) is 0 Å². The molecule has 0 radical (unpaired) electrons. The van der Waals surface area contributed by atoms with Crippen molar-refractivity contribution in [2.24, 2.45) is 4.99 Å². The summed E-state index contributed by atoms with van der Waals surface area (Å²) in [6.45, 7) is 0.0270. The van der Waals surface area contributed by atoms with Crippen LogP contribution in [0.1, 0.15) is 22.5 Å². The summed E-state index contributed by atoms with van der Waals surface area (Å²) in [6, 6.07) is 7.78. The minimum absolute atomic E-state index is 0.00185. The first-order valence-corrected chi connectivity index (χ1v) is 8.83. The minimum atomic E-state index is -4.68. The van der Waals surface area contributed by atoms with Crippen molar-refractivity contribution in [3.63, 3.8) is 0 Å². The molecule has 0 atom stereocenters. The number of hydrogen-bond donors (Lipinski definition) is 0. The maximum absolute atomic E-state index is 14.7. The summed E-state index contributed by atoms with van der Waals surface area (Å²) in [5.41, 5.74) is -0.741. The number of methoxy groups -OCH3 is 1. The molecular weight excluding hydrogens is 410 g/mol. The highest BCUT2D eigenvalue weighted by atomic mass is 35.5. The van der Waals surface area contributed by atoms with Gasteiger partial charge < -0.3 is 4.74 Å². The predicted molar refractivity (Wildman–Crippen MR) is 98.1 cm³/mol. The molecule has 0 bridgehead atoms. The maximum Gasteiger partial charge on any atom is 0.417 e. The summed E-state index contributed by atoms with van der Waals surface area (Å²) in [7, 11) is 1.41. The van der Waals surface area contributed by atoms with Gasteiger partial charge in [-0.1, -0.05) is 16.6 Å². The molecule has 0 unspecified atom stereocenters. The van der Waals surface area contributed by atoms with Gasteiger partial charge in [-0.2, -0.15) is 17.7 Å². The smallest absolute Gasteiger partial charge is 0.417 e. The van der Waals surface area contributed by atoms with Crippen LogP contribution in [0, 0.1) is 5.82 Å². The van der Waals surface area contributed by atoms with Crippen molar-refractivity contribution in [1.82, 2.24) is 4.98 Å². The molecular formula is C20H13ClF4N3O+. The zero-order valence-corrected chi connectivity index (χ0v) is 15.7. The normalized spacial score (nSPS) is 13.2. The summed E-state index contributed by atoms with van der Waals surface area (Å²) in [4.78, 5) is 8.62. The molecule has 9 heteroatoms. The van der Waals surface area contributed by atoms with Crippen LogP contribution >= 0.6 is 11.6 Å². The van der Waals surface area contributed by atoms with Crippen molar-refractivity contribution in [1.29, 1.82) is 0 Å². The van der Waals surface area contributed by atoms with E-state index in [1.54, 1.807) is 23.0 Å². The average Bonchev–Trinajstić information content (AvgIpc) is 2.85. The largest absolute Gasteiger partial charge is 0.497 e. The molecule has 4 rings (SSSR count). The highest BCUT2D eigenvalue weighted by Gasteiger charge is 2.38. The molecule has 0 aliphatic carbocycles. The zero-order chi connectivity index (χ0) is 20.8. The van der Waals surface area contributed by atoms with Crippen LogP contribution < -0.4 is 9.30 Å². The number of fused-ring (bicyclic) bond motifs is 3. The number of halogens is 5. The molecule has 29 heavy (non-hydrogen) atoms. The van der Waals surface area contributed by atoms with Gasteiger partial charge in [0.05, 0.1) is 29.0 Å². The van der Waals surface area contributed by atoms with Crippen LogP contribution in [-0.4, -0.2) is 17.8 Å². The van der Waals surface area contributed by atoms with E-state index in [-0.39, 0.29) is 23.4 Å². The third-order valence-corrected chi connectivity index (χ3v) is 4.94. The molecule has 4 nitrogen and oxygen atoms in total. The highest BCUT2D eigenvalue weighted by molar-refractivity contribution is 6.37. The Morgan fingerprint density at radius 2 is 1.97 bits per heavy atom. The number of hydrogen-bond acceptors (Lipinski definition) is 3. The quantitative estimate of drug-likeness (QED) is 0.449. The first-order valence-electron chi connectivity index (χ1n) is 8.45. The Balaban J connectivity index is 2.07. The number of alkyl halides is 3. The standard InChI is InChI=1S/C20H13ClF4N3O/c1-29-11-3-5-14(22)12(9-11)19-17-15(6-4-13(18(17)21)20(23,24)25)28-8-2-7-26-16(28)10-27-19/h2-9H,10H2,1H3/q+1. The van der Waals surface area contributed by atoms with Gasteiger partial charge in [0.25, 0.3) is 0 Å². The number of aromatic nitrogens is 2. The minimum Gasteiger partial charge on any atom is -0.497 e. The topological polar surface area (TPSA) is 38.4 Å². The maximum atomic E-state index is 14.7. The Morgan fingerprint density at radius 1 is 1.17 bits per heavy atom. The number of ether oxygens (including phenoxy) is 1. The second kappa shape index (κ2) is 7.11. The molecule has 1 aromatic heterocycles. The van der Waals surface area contributed by atoms with Crippen LogP contribution in [0.2, 0.25) is 5.02 Å². The molecule has 0 amide bonds. The van der Waals surface area contributed by atoms with Crippen molar-refractivity contribution in [2.45, 2.75) is 12.7 Å². The van der Waals surface area contributed by atoms with Crippen LogP contribution in [0.5, 0.6) is 5.75 Å². The average molecular weight is 423 g/mol. The van der Waals surface area contributed by atoms with Gasteiger partial charge in [0.15, 0.2) is 0 Å². The SMILES string of the molecule is COc1ccc(F)c(C2=NCc3nccc[n+]3-c3ccc(C(F)(F)F)c(Cl)c32)c1. The van der Waals surface area contributed by atoms with Crippen LogP contribution in [0.3, 0.4) is 0 Å². The lowest BCUT2D eigenvalue weighted by atomic mass is 9.97. The van der Waals surface area contributed by atoms with Crippen molar-refractivity contribution >= 4 is 17.3 Å². The van der Waals surface area contributed by atoms with E-state index < -0.39 is 22.6 Å². The molecule has 0 N–H and O–H groups in total. The van der Waals surface area contributed by atoms with Crippen molar-refractivity contribution < 1.29 is 26.9 Å². The molecule has 0 fully saturated rings. The van der Waals surface area contributed by atoms with Gasteiger partial charge in [-0.05, 0) is 30.3 Å². The zero-order valence-electron chi connectivity index (χ0n) is 15.0. The van der Waals surface area contributed by atoms with Crippen molar-refractivity contribution in [3.05, 3.63) is 82.1 Å². The Labute approximate surface area is 168 Å². The third-order valence-electron chi connectivity index (χ3n) is 4.55. The number of aliphatic imine (C=N–C) groups is 1. The van der Waals surface area contributed by atoms with E-state index in [0.717, 1.165) is 6.07 Å². The molecule has 0 saturated carbocycles. The van der Waals surface area contributed by atoms with Crippen LogP contribution in [0.15, 0.2) is 53.8 Å². The second-order valence-electron chi connectivity index (χ2n) is 6.24. The lowest BCUT2D eigenvalue weighted by Crippen LogP contribution is -2.37. The number of nitrogens with zero attached hydrogens (tertiary/aromatic N) is 3. The number of rotatable bonds is 2. The van der Waals surface area contributed by atoms with Gasteiger partial charge in [-0.3, -0.25) is 4.99 Å².